The molecule has 2 nitrogen and oxygen atoms in total. The lowest BCUT2D eigenvalue weighted by Crippen LogP contribution is -2.47. The average molecular weight is 505 g/mol. The van der Waals surface area contributed by atoms with Gasteiger partial charge in [-0.2, -0.15) is 0 Å². The number of benzene rings is 2. The normalized spacial score (nSPS) is 29.2. The number of hydrogen-bond acceptors (Lipinski definition) is 2. The van der Waals surface area contributed by atoms with Gasteiger partial charge in [0.25, 0.3) is 0 Å². The number of fused-ring (bicyclic) bond motifs is 3. The van der Waals surface area contributed by atoms with Crippen LogP contribution < -0.4 is 5.32 Å². The standard InChI is InChI=1S/C34H37N2P/c37-33(27-13-5-2-6-14-27)19-10-24-36-31-17-8-7-15-29(31)34-30(16-9-18-32(34)36)35-28-22-20-26(21-23-28)25-11-3-1-4-12-25/h1-16,19-20,24,28,30-32,34-35H,17-18,21-23,37H2/b24-10+,33-19-. The van der Waals surface area contributed by atoms with Crippen LogP contribution in [-0.4, -0.2) is 29.1 Å². The molecule has 1 heterocycles. The van der Waals surface area contributed by atoms with Gasteiger partial charge in [-0.15, -0.1) is 9.24 Å². The summed E-state index contributed by atoms with van der Waals surface area (Å²) in [6, 6.07) is 23.4. The molecule has 37 heavy (non-hydrogen) atoms. The molecule has 0 aromatic heterocycles. The van der Waals surface area contributed by atoms with Crippen molar-refractivity contribution in [1.29, 1.82) is 0 Å². The minimum Gasteiger partial charge on any atom is -0.366 e. The second-order valence-corrected chi connectivity index (χ2v) is 11.3. The molecule has 6 atom stereocenters. The second-order valence-electron chi connectivity index (χ2n) is 10.6. The van der Waals surface area contributed by atoms with E-state index in [0.717, 1.165) is 25.7 Å². The summed E-state index contributed by atoms with van der Waals surface area (Å²) in [7, 11) is 2.89. The molecule has 6 rings (SSSR count). The van der Waals surface area contributed by atoms with Crippen LogP contribution in [0.25, 0.3) is 10.9 Å². The molecule has 1 saturated heterocycles. The molecule has 2 aromatic carbocycles. The van der Waals surface area contributed by atoms with Gasteiger partial charge in [-0.3, -0.25) is 0 Å². The Morgan fingerprint density at radius 2 is 1.76 bits per heavy atom. The van der Waals surface area contributed by atoms with E-state index in [1.165, 1.54) is 28.4 Å². The lowest BCUT2D eigenvalue weighted by Gasteiger charge is -2.37. The number of rotatable bonds is 6. The van der Waals surface area contributed by atoms with Crippen LogP contribution in [0.5, 0.6) is 0 Å². The SMILES string of the molecule is P/C(=C\C=C\N1C2CC=CC=C2C2C(NC3CC=C(c4ccccc4)CC3)C=CCC21)c1ccccc1. The van der Waals surface area contributed by atoms with E-state index in [0.29, 0.717) is 30.1 Å². The van der Waals surface area contributed by atoms with E-state index in [1.54, 1.807) is 5.57 Å². The highest BCUT2D eigenvalue weighted by Gasteiger charge is 2.47. The Balaban J connectivity index is 1.18. The van der Waals surface area contributed by atoms with E-state index in [4.69, 9.17) is 0 Å². The van der Waals surface area contributed by atoms with E-state index < -0.39 is 0 Å². The largest absolute Gasteiger partial charge is 0.366 e. The van der Waals surface area contributed by atoms with Crippen LogP contribution in [0.3, 0.4) is 0 Å². The van der Waals surface area contributed by atoms with Crippen molar-refractivity contribution in [2.24, 2.45) is 5.92 Å². The van der Waals surface area contributed by atoms with Gasteiger partial charge < -0.3 is 10.2 Å². The summed E-state index contributed by atoms with van der Waals surface area (Å²) >= 11 is 0. The Kier molecular flexibility index (Phi) is 7.40. The Morgan fingerprint density at radius 3 is 2.54 bits per heavy atom. The Hall–Kier alpha value is -2.93. The van der Waals surface area contributed by atoms with Crippen molar-refractivity contribution < 1.29 is 0 Å². The zero-order chi connectivity index (χ0) is 25.0. The molecule has 1 aliphatic heterocycles. The van der Waals surface area contributed by atoms with E-state index in [-0.39, 0.29) is 0 Å². The third-order valence-electron chi connectivity index (χ3n) is 8.44. The predicted octanol–water partition coefficient (Wildman–Crippen LogP) is 7.53. The van der Waals surface area contributed by atoms with Crippen LogP contribution in [0.15, 0.2) is 121 Å². The van der Waals surface area contributed by atoms with Crippen LogP contribution in [-0.2, 0) is 0 Å². The molecule has 0 radical (unpaired) electrons. The van der Waals surface area contributed by atoms with Crippen LogP contribution in [0.4, 0.5) is 0 Å². The monoisotopic (exact) mass is 504 g/mol. The maximum absolute atomic E-state index is 4.09. The molecule has 4 aliphatic rings. The van der Waals surface area contributed by atoms with Crippen molar-refractivity contribution in [1.82, 2.24) is 10.2 Å². The van der Waals surface area contributed by atoms with E-state index >= 15 is 0 Å². The summed E-state index contributed by atoms with van der Waals surface area (Å²) in [4.78, 5) is 2.64. The third-order valence-corrected chi connectivity index (χ3v) is 8.97. The lowest BCUT2D eigenvalue weighted by molar-refractivity contribution is 0.231. The van der Waals surface area contributed by atoms with Gasteiger partial charge in [0.2, 0.25) is 0 Å². The molecule has 0 bridgehead atoms. The van der Waals surface area contributed by atoms with Crippen molar-refractivity contribution in [3.63, 3.8) is 0 Å². The molecule has 188 valence electrons. The molecule has 3 heteroatoms. The molecule has 0 spiro atoms. The van der Waals surface area contributed by atoms with Crippen molar-refractivity contribution in [2.75, 3.05) is 0 Å². The summed E-state index contributed by atoms with van der Waals surface area (Å²) in [6.45, 7) is 0. The molecule has 1 N–H and O–H groups in total. The Bertz CT molecular complexity index is 1270. The molecular formula is C34H37N2P. The third kappa shape index (κ3) is 5.24. The number of allylic oxidation sites excluding steroid dienone is 5. The summed E-state index contributed by atoms with van der Waals surface area (Å²) in [5.41, 5.74) is 5.74. The highest BCUT2D eigenvalue weighted by molar-refractivity contribution is 7.31. The van der Waals surface area contributed by atoms with Gasteiger partial charge in [0, 0.05) is 24.0 Å². The van der Waals surface area contributed by atoms with Crippen LogP contribution in [0.2, 0.25) is 0 Å². The molecular weight excluding hydrogens is 467 g/mol. The molecule has 6 unspecified atom stereocenters. The number of likely N-dealkylation sites (tertiary alicyclic amines) is 1. The average Bonchev–Trinajstić information content (AvgIpc) is 3.29. The summed E-state index contributed by atoms with van der Waals surface area (Å²) < 4.78 is 0. The Labute approximate surface area is 224 Å². The smallest absolute Gasteiger partial charge is 0.0542 e. The van der Waals surface area contributed by atoms with Gasteiger partial charge >= 0.3 is 0 Å². The van der Waals surface area contributed by atoms with Crippen LogP contribution >= 0.6 is 9.24 Å². The van der Waals surface area contributed by atoms with Crippen LogP contribution in [0.1, 0.15) is 43.2 Å². The van der Waals surface area contributed by atoms with E-state index in [2.05, 4.69) is 135 Å². The maximum Gasteiger partial charge on any atom is 0.0542 e. The zero-order valence-electron chi connectivity index (χ0n) is 21.4. The number of hydrogen-bond donors (Lipinski definition) is 1. The first-order chi connectivity index (χ1) is 18.3. The maximum atomic E-state index is 4.09. The van der Waals surface area contributed by atoms with Crippen molar-refractivity contribution >= 4 is 20.1 Å². The van der Waals surface area contributed by atoms with Gasteiger partial charge in [-0.1, -0.05) is 103 Å². The lowest BCUT2D eigenvalue weighted by atomic mass is 9.79. The van der Waals surface area contributed by atoms with Crippen LogP contribution in [0, 0.1) is 5.92 Å². The van der Waals surface area contributed by atoms with Crippen molar-refractivity contribution in [3.8, 4) is 0 Å². The first-order valence-electron chi connectivity index (χ1n) is 13.8. The first-order valence-corrected chi connectivity index (χ1v) is 14.4. The highest BCUT2D eigenvalue weighted by Crippen LogP contribution is 2.44. The molecule has 0 saturated carbocycles. The van der Waals surface area contributed by atoms with Gasteiger partial charge in [0.15, 0.2) is 0 Å². The second kappa shape index (κ2) is 11.2. The molecule has 3 aliphatic carbocycles. The highest BCUT2D eigenvalue weighted by atomic mass is 31.0. The predicted molar refractivity (Wildman–Crippen MR) is 161 cm³/mol. The molecule has 2 aromatic rings. The van der Waals surface area contributed by atoms with Gasteiger partial charge in [0.05, 0.1) is 6.04 Å². The molecule has 0 amide bonds. The van der Waals surface area contributed by atoms with Crippen molar-refractivity contribution in [2.45, 2.75) is 56.3 Å². The first kappa shape index (κ1) is 24.4. The van der Waals surface area contributed by atoms with E-state index in [1.807, 2.05) is 0 Å². The fourth-order valence-electron chi connectivity index (χ4n) is 6.62. The van der Waals surface area contributed by atoms with Gasteiger partial charge in [-0.25, -0.2) is 0 Å². The quantitative estimate of drug-likeness (QED) is 0.249. The minimum atomic E-state index is 0.395. The van der Waals surface area contributed by atoms with Gasteiger partial charge in [-0.05, 0) is 72.0 Å². The summed E-state index contributed by atoms with van der Waals surface area (Å²) in [5.74, 6) is 0.526. The molecule has 1 fully saturated rings. The summed E-state index contributed by atoms with van der Waals surface area (Å²) in [6.07, 6.45) is 26.8. The number of nitrogens with one attached hydrogen (secondary N) is 1. The topological polar surface area (TPSA) is 15.3 Å². The van der Waals surface area contributed by atoms with Gasteiger partial charge in [0.1, 0.15) is 0 Å². The zero-order valence-corrected chi connectivity index (χ0v) is 22.6. The van der Waals surface area contributed by atoms with E-state index in [9.17, 15) is 0 Å². The minimum absolute atomic E-state index is 0.395. The number of nitrogens with zero attached hydrogens (tertiary/aromatic N) is 1. The fourth-order valence-corrected chi connectivity index (χ4v) is 6.92. The fraction of sp³-hybridized carbons (Fsp3) is 0.294. The van der Waals surface area contributed by atoms with Crippen molar-refractivity contribution in [3.05, 3.63) is 132 Å². The Morgan fingerprint density at radius 1 is 0.946 bits per heavy atom. The summed E-state index contributed by atoms with van der Waals surface area (Å²) in [5, 5.41) is 5.31.